The summed E-state index contributed by atoms with van der Waals surface area (Å²) in [5.74, 6) is 0.668. The summed E-state index contributed by atoms with van der Waals surface area (Å²) in [5.41, 5.74) is 4.50. The molecule has 0 saturated heterocycles. The van der Waals surface area contributed by atoms with Crippen LogP contribution in [-0.2, 0) is 6.42 Å². The number of carbonyl (C=O) groups is 1. The van der Waals surface area contributed by atoms with Gasteiger partial charge < -0.3 is 15.4 Å². The second-order valence-electron chi connectivity index (χ2n) is 7.30. The molecule has 31 heavy (non-hydrogen) atoms. The summed E-state index contributed by atoms with van der Waals surface area (Å²) < 4.78 is 20.1. The van der Waals surface area contributed by atoms with Crippen LogP contribution in [0.2, 0.25) is 0 Å². The number of pyridine rings is 1. The minimum atomic E-state index is -0.321. The molecule has 0 radical (unpaired) electrons. The highest BCUT2D eigenvalue weighted by Gasteiger charge is 2.28. The fraction of sp³-hybridized carbons (Fsp3) is 0.304. The molecule has 4 rings (SSSR count). The van der Waals surface area contributed by atoms with E-state index < -0.39 is 0 Å². The molecule has 2 heterocycles. The molecule has 2 aromatic heterocycles. The molecule has 0 bridgehead atoms. The summed E-state index contributed by atoms with van der Waals surface area (Å²) >= 11 is 0. The first-order chi connectivity index (χ1) is 15.0. The van der Waals surface area contributed by atoms with Crippen molar-refractivity contribution in [1.82, 2.24) is 15.0 Å². The van der Waals surface area contributed by atoms with E-state index in [0.29, 0.717) is 36.5 Å². The Morgan fingerprint density at radius 1 is 1.19 bits per heavy atom. The van der Waals surface area contributed by atoms with Crippen molar-refractivity contribution in [3.05, 3.63) is 53.2 Å². The third kappa shape index (κ3) is 4.05. The van der Waals surface area contributed by atoms with Crippen molar-refractivity contribution in [2.45, 2.75) is 33.1 Å². The summed E-state index contributed by atoms with van der Waals surface area (Å²) in [7, 11) is 1.77. The van der Waals surface area contributed by atoms with E-state index in [1.54, 1.807) is 13.1 Å². The molecule has 3 aromatic rings. The van der Waals surface area contributed by atoms with Gasteiger partial charge in [0.25, 0.3) is 0 Å². The van der Waals surface area contributed by atoms with E-state index in [1.165, 1.54) is 24.5 Å². The summed E-state index contributed by atoms with van der Waals surface area (Å²) in [4.78, 5) is 25.4. The van der Waals surface area contributed by atoms with Gasteiger partial charge in [0.2, 0.25) is 0 Å². The highest BCUT2D eigenvalue weighted by Crippen LogP contribution is 2.44. The van der Waals surface area contributed by atoms with Crippen molar-refractivity contribution in [2.75, 3.05) is 24.2 Å². The van der Waals surface area contributed by atoms with Gasteiger partial charge in [0, 0.05) is 49.4 Å². The average molecular weight is 421 g/mol. The zero-order chi connectivity index (χ0) is 22.0. The van der Waals surface area contributed by atoms with E-state index in [2.05, 4.69) is 25.6 Å². The molecule has 8 heteroatoms. The van der Waals surface area contributed by atoms with Gasteiger partial charge in [0.15, 0.2) is 5.78 Å². The number of hydrogen-bond acceptors (Lipinski definition) is 7. The second kappa shape index (κ2) is 8.67. The van der Waals surface area contributed by atoms with Crippen molar-refractivity contribution in [2.24, 2.45) is 0 Å². The van der Waals surface area contributed by atoms with Crippen molar-refractivity contribution < 1.29 is 13.9 Å². The monoisotopic (exact) mass is 421 g/mol. The number of nitrogens with one attached hydrogen (secondary N) is 2. The minimum absolute atomic E-state index is 0.0146. The van der Waals surface area contributed by atoms with E-state index in [4.69, 9.17) is 4.74 Å². The molecule has 1 aliphatic rings. The number of carbonyl (C=O) groups excluding carboxylic acids is 1. The number of halogens is 1. The summed E-state index contributed by atoms with van der Waals surface area (Å²) in [6.45, 7) is 4.55. The van der Waals surface area contributed by atoms with Gasteiger partial charge in [-0.25, -0.2) is 4.39 Å². The fourth-order valence-electron chi connectivity index (χ4n) is 3.78. The highest BCUT2D eigenvalue weighted by atomic mass is 19.1. The third-order valence-corrected chi connectivity index (χ3v) is 5.13. The van der Waals surface area contributed by atoms with Crippen molar-refractivity contribution in [1.29, 1.82) is 0 Å². The molecule has 1 aromatic carbocycles. The van der Waals surface area contributed by atoms with Crippen LogP contribution in [0.25, 0.3) is 11.1 Å². The Bertz CT molecular complexity index is 1150. The minimum Gasteiger partial charge on any atom is -0.423 e. The Morgan fingerprint density at radius 3 is 2.77 bits per heavy atom. The number of Topliss-reactive ketones (excluding diaryl/α,β-unsaturated/α-hetero) is 1. The van der Waals surface area contributed by atoms with Crippen molar-refractivity contribution in [3.63, 3.8) is 0 Å². The summed E-state index contributed by atoms with van der Waals surface area (Å²) in [6.07, 6.45) is 4.80. The first kappa shape index (κ1) is 20.7. The van der Waals surface area contributed by atoms with Gasteiger partial charge in [-0.1, -0.05) is 6.92 Å². The van der Waals surface area contributed by atoms with Crippen LogP contribution in [0.4, 0.5) is 15.9 Å². The number of anilines is 2. The Morgan fingerprint density at radius 2 is 2.03 bits per heavy atom. The van der Waals surface area contributed by atoms with Crippen LogP contribution in [0.1, 0.15) is 48.3 Å². The van der Waals surface area contributed by atoms with Crippen LogP contribution in [0, 0.1) is 5.82 Å². The number of rotatable bonds is 8. The summed E-state index contributed by atoms with van der Waals surface area (Å²) in [6, 6.07) is 4.79. The predicted molar refractivity (Wildman–Crippen MR) is 117 cm³/mol. The molecular formula is C23H24FN5O2. The van der Waals surface area contributed by atoms with Crippen molar-refractivity contribution in [3.8, 4) is 22.9 Å². The molecule has 0 atom stereocenters. The third-order valence-electron chi connectivity index (χ3n) is 5.13. The van der Waals surface area contributed by atoms with E-state index >= 15 is 0 Å². The van der Waals surface area contributed by atoms with Crippen LogP contribution in [0.5, 0.6) is 11.8 Å². The Hall–Kier alpha value is -3.55. The van der Waals surface area contributed by atoms with Gasteiger partial charge in [-0.15, -0.1) is 0 Å². The Balaban J connectivity index is 1.72. The lowest BCUT2D eigenvalue weighted by atomic mass is 10.0. The van der Waals surface area contributed by atoms with Crippen LogP contribution in [-0.4, -0.2) is 34.3 Å². The first-order valence-corrected chi connectivity index (χ1v) is 10.4. The quantitative estimate of drug-likeness (QED) is 0.394. The standard InChI is InChI=1S/C23H24FN5O2/c1-4-6-20(30)13-7-15(12-26-11-13)31-23-28-19-10-16-17(8-14(24)9-18(16)25-3)21(19)22(29-23)27-5-2/h7-9,11-12,25H,4-6,10H2,1-3H3,(H,27,28,29). The second-order valence-corrected chi connectivity index (χ2v) is 7.30. The van der Waals surface area contributed by atoms with Crippen LogP contribution >= 0.6 is 0 Å². The molecule has 0 unspecified atom stereocenters. The van der Waals surface area contributed by atoms with Gasteiger partial charge in [-0.2, -0.15) is 9.97 Å². The van der Waals surface area contributed by atoms with E-state index in [0.717, 1.165) is 34.5 Å². The Labute approximate surface area is 180 Å². The Kier molecular flexibility index (Phi) is 5.79. The molecule has 0 saturated carbocycles. The molecule has 0 aliphatic heterocycles. The zero-order valence-corrected chi connectivity index (χ0v) is 17.8. The van der Waals surface area contributed by atoms with Gasteiger partial charge in [0.1, 0.15) is 17.4 Å². The topological polar surface area (TPSA) is 89.0 Å². The maximum Gasteiger partial charge on any atom is 0.324 e. The smallest absolute Gasteiger partial charge is 0.324 e. The number of hydrogen-bond donors (Lipinski definition) is 2. The number of fused-ring (bicyclic) bond motifs is 3. The van der Waals surface area contributed by atoms with Gasteiger partial charge in [0.05, 0.1) is 11.9 Å². The maximum atomic E-state index is 14.2. The van der Waals surface area contributed by atoms with Gasteiger partial charge in [-0.3, -0.25) is 9.78 Å². The SMILES string of the molecule is CCCC(=O)c1cncc(Oc2nc3c(c(NCC)n2)-c2cc(F)cc(NC)c2C3)c1. The molecule has 0 fully saturated rings. The lowest BCUT2D eigenvalue weighted by Crippen LogP contribution is -2.06. The van der Waals surface area contributed by atoms with Gasteiger partial charge in [-0.05, 0) is 42.7 Å². The molecule has 1 aliphatic carbocycles. The average Bonchev–Trinajstić information content (AvgIpc) is 3.12. The lowest BCUT2D eigenvalue weighted by Gasteiger charge is -2.12. The molecular weight excluding hydrogens is 397 g/mol. The largest absolute Gasteiger partial charge is 0.423 e. The first-order valence-electron chi connectivity index (χ1n) is 10.4. The van der Waals surface area contributed by atoms with Crippen LogP contribution < -0.4 is 15.4 Å². The number of nitrogens with zero attached hydrogens (tertiary/aromatic N) is 3. The van der Waals surface area contributed by atoms with E-state index in [-0.39, 0.29) is 17.6 Å². The zero-order valence-electron chi connectivity index (χ0n) is 17.8. The van der Waals surface area contributed by atoms with Gasteiger partial charge >= 0.3 is 6.01 Å². The number of aromatic nitrogens is 3. The highest BCUT2D eigenvalue weighted by molar-refractivity contribution is 5.96. The fourth-order valence-corrected chi connectivity index (χ4v) is 3.78. The van der Waals surface area contributed by atoms with Crippen LogP contribution in [0.15, 0.2) is 30.6 Å². The normalized spacial score (nSPS) is 11.6. The molecule has 2 N–H and O–H groups in total. The predicted octanol–water partition coefficient (Wildman–Crippen LogP) is 4.83. The molecule has 7 nitrogen and oxygen atoms in total. The van der Waals surface area contributed by atoms with E-state index in [1.807, 2.05) is 13.8 Å². The molecule has 0 spiro atoms. The number of ether oxygens (including phenoxy) is 1. The molecule has 0 amide bonds. The maximum absolute atomic E-state index is 14.2. The lowest BCUT2D eigenvalue weighted by molar-refractivity contribution is 0.0981. The number of ketones is 1. The van der Waals surface area contributed by atoms with Crippen molar-refractivity contribution >= 4 is 17.3 Å². The number of benzene rings is 1. The van der Waals surface area contributed by atoms with Crippen LogP contribution in [0.3, 0.4) is 0 Å². The van der Waals surface area contributed by atoms with E-state index in [9.17, 15) is 9.18 Å². The molecule has 160 valence electrons. The summed E-state index contributed by atoms with van der Waals surface area (Å²) in [5, 5.41) is 6.29.